The van der Waals surface area contributed by atoms with Crippen molar-refractivity contribution in [3.8, 4) is 0 Å². The summed E-state index contributed by atoms with van der Waals surface area (Å²) in [4.78, 5) is 22.8. The van der Waals surface area contributed by atoms with E-state index in [-0.39, 0.29) is 29.3 Å². The van der Waals surface area contributed by atoms with Crippen molar-refractivity contribution in [2.45, 2.75) is 32.4 Å². The smallest absolute Gasteiger partial charge is 0.273 e. The average Bonchev–Trinajstić information content (AvgIpc) is 2.54. The van der Waals surface area contributed by atoms with Gasteiger partial charge in [-0.15, -0.1) is 0 Å². The number of benzene rings is 2. The number of carbonyl (C=O) groups is 1. The molecule has 0 fully saturated rings. The molecule has 6 nitrogen and oxygen atoms in total. The average molecular weight is 346 g/mol. The van der Waals surface area contributed by atoms with Crippen molar-refractivity contribution in [3.63, 3.8) is 0 Å². The van der Waals surface area contributed by atoms with E-state index in [2.05, 4.69) is 5.32 Å². The third-order valence-electron chi connectivity index (χ3n) is 3.96. The van der Waals surface area contributed by atoms with Gasteiger partial charge in [-0.25, -0.2) is 4.39 Å². The molecule has 2 rings (SSSR count). The van der Waals surface area contributed by atoms with E-state index in [1.54, 1.807) is 6.92 Å². The van der Waals surface area contributed by atoms with E-state index >= 15 is 0 Å². The van der Waals surface area contributed by atoms with Gasteiger partial charge in [-0.05, 0) is 44.0 Å². The Labute approximate surface area is 144 Å². The molecule has 0 spiro atoms. The summed E-state index contributed by atoms with van der Waals surface area (Å²) in [6.07, 6.45) is -0.632. The highest BCUT2D eigenvalue weighted by Gasteiger charge is 2.20. The fourth-order valence-corrected chi connectivity index (χ4v) is 2.58. The normalized spacial score (nSPS) is 13.1. The molecule has 2 aromatic carbocycles. The third-order valence-corrected chi connectivity index (χ3v) is 3.96. The lowest BCUT2D eigenvalue weighted by Gasteiger charge is -2.19. The summed E-state index contributed by atoms with van der Waals surface area (Å²) >= 11 is 0. The molecule has 0 saturated carbocycles. The van der Waals surface area contributed by atoms with Gasteiger partial charge in [0.25, 0.3) is 11.6 Å². The number of aliphatic hydroxyl groups excluding tert-OH is 1. The third kappa shape index (κ3) is 4.60. The Morgan fingerprint density at radius 2 is 1.92 bits per heavy atom. The number of aliphatic hydroxyl groups is 1. The molecule has 0 aliphatic rings. The van der Waals surface area contributed by atoms with Crippen molar-refractivity contribution in [2.75, 3.05) is 0 Å². The Balaban J connectivity index is 2.04. The van der Waals surface area contributed by atoms with E-state index in [4.69, 9.17) is 0 Å². The van der Waals surface area contributed by atoms with Crippen LogP contribution < -0.4 is 5.32 Å². The lowest BCUT2D eigenvalue weighted by Crippen LogP contribution is -2.34. The van der Waals surface area contributed by atoms with Crippen LogP contribution >= 0.6 is 0 Å². The molecule has 1 amide bonds. The minimum atomic E-state index is -0.859. The summed E-state index contributed by atoms with van der Waals surface area (Å²) in [6.45, 7) is 3.24. The zero-order chi connectivity index (χ0) is 18.6. The molecule has 0 radical (unpaired) electrons. The number of nitro benzene ring substituents is 1. The first-order chi connectivity index (χ1) is 11.8. The maximum atomic E-state index is 12.9. The molecule has 0 aromatic heterocycles. The first-order valence-electron chi connectivity index (χ1n) is 7.78. The minimum Gasteiger partial charge on any atom is -0.388 e. The number of carbonyl (C=O) groups excluding carboxylic acids is 1. The van der Waals surface area contributed by atoms with Gasteiger partial charge in [0.2, 0.25) is 0 Å². The van der Waals surface area contributed by atoms with Crippen molar-refractivity contribution in [1.29, 1.82) is 0 Å². The van der Waals surface area contributed by atoms with E-state index in [0.717, 1.165) is 0 Å². The minimum absolute atomic E-state index is 0.119. The van der Waals surface area contributed by atoms with Crippen molar-refractivity contribution in [1.82, 2.24) is 5.32 Å². The van der Waals surface area contributed by atoms with Crippen molar-refractivity contribution in [3.05, 3.63) is 75.1 Å². The predicted molar refractivity (Wildman–Crippen MR) is 90.7 cm³/mol. The highest BCUT2D eigenvalue weighted by Crippen LogP contribution is 2.22. The Kier molecular flexibility index (Phi) is 5.82. The molecule has 2 N–H and O–H groups in total. The van der Waals surface area contributed by atoms with E-state index in [9.17, 15) is 24.4 Å². The number of amides is 1. The topological polar surface area (TPSA) is 92.5 Å². The highest BCUT2D eigenvalue weighted by molar-refractivity contribution is 5.96. The second-order valence-electron chi connectivity index (χ2n) is 5.88. The number of hydrogen-bond donors (Lipinski definition) is 2. The van der Waals surface area contributed by atoms with Crippen LogP contribution in [0.5, 0.6) is 0 Å². The van der Waals surface area contributed by atoms with Crippen molar-refractivity contribution in [2.24, 2.45) is 0 Å². The Bertz CT molecular complexity index is 777. The number of nitrogens with zero attached hydrogens (tertiary/aromatic N) is 1. The second-order valence-corrected chi connectivity index (χ2v) is 5.88. The van der Waals surface area contributed by atoms with Gasteiger partial charge < -0.3 is 10.4 Å². The van der Waals surface area contributed by atoms with Crippen LogP contribution in [0.25, 0.3) is 0 Å². The second kappa shape index (κ2) is 7.85. The van der Waals surface area contributed by atoms with Gasteiger partial charge in [0.05, 0.1) is 11.0 Å². The number of halogens is 1. The zero-order valence-corrected chi connectivity index (χ0v) is 13.9. The van der Waals surface area contributed by atoms with Gasteiger partial charge in [-0.3, -0.25) is 14.9 Å². The molecule has 7 heteroatoms. The molecule has 132 valence electrons. The summed E-state index contributed by atoms with van der Waals surface area (Å²) in [6, 6.07) is 9.42. The van der Waals surface area contributed by atoms with Gasteiger partial charge >= 0.3 is 0 Å². The summed E-state index contributed by atoms with van der Waals surface area (Å²) < 4.78 is 12.9. The van der Waals surface area contributed by atoms with E-state index in [1.807, 2.05) is 0 Å². The van der Waals surface area contributed by atoms with Crippen LogP contribution in [0.2, 0.25) is 0 Å². The summed E-state index contributed by atoms with van der Waals surface area (Å²) in [5.41, 5.74) is 0.939. The molecule has 2 atom stereocenters. The van der Waals surface area contributed by atoms with Crippen LogP contribution in [0.4, 0.5) is 10.1 Å². The summed E-state index contributed by atoms with van der Waals surface area (Å²) in [5, 5.41) is 23.9. The van der Waals surface area contributed by atoms with Crippen LogP contribution in [-0.2, 0) is 0 Å². The maximum Gasteiger partial charge on any atom is 0.273 e. The molecule has 0 bridgehead atoms. The quantitative estimate of drug-likeness (QED) is 0.620. The van der Waals surface area contributed by atoms with Crippen LogP contribution in [0.15, 0.2) is 42.5 Å². The lowest BCUT2D eigenvalue weighted by atomic mass is 10.0. The summed E-state index contributed by atoms with van der Waals surface area (Å²) in [7, 11) is 0. The largest absolute Gasteiger partial charge is 0.388 e. The lowest BCUT2D eigenvalue weighted by molar-refractivity contribution is -0.385. The van der Waals surface area contributed by atoms with Gasteiger partial charge in [0.1, 0.15) is 5.82 Å². The van der Waals surface area contributed by atoms with Gasteiger partial charge in [0, 0.05) is 23.2 Å². The highest BCUT2D eigenvalue weighted by atomic mass is 19.1. The Hall–Kier alpha value is -2.80. The standard InChI is InChI=1S/C18H19FN2O4/c1-11(10-17(22)13-6-8-14(19)9-7-13)20-18(23)15-4-3-5-16(12(15)2)21(24)25/h3-9,11,17,22H,10H2,1-2H3,(H,20,23). The number of nitrogens with one attached hydrogen (secondary N) is 1. The zero-order valence-electron chi connectivity index (χ0n) is 13.9. The van der Waals surface area contributed by atoms with E-state index < -0.39 is 22.8 Å². The maximum absolute atomic E-state index is 12.9. The molecule has 0 heterocycles. The molecule has 2 aromatic rings. The number of rotatable bonds is 6. The number of nitro groups is 1. The predicted octanol–water partition coefficient (Wildman–Crippen LogP) is 3.28. The van der Waals surface area contributed by atoms with Crippen molar-refractivity contribution >= 4 is 11.6 Å². The van der Waals surface area contributed by atoms with Crippen LogP contribution in [-0.4, -0.2) is 22.0 Å². The van der Waals surface area contributed by atoms with E-state index in [1.165, 1.54) is 49.4 Å². The molecule has 25 heavy (non-hydrogen) atoms. The number of hydrogen-bond acceptors (Lipinski definition) is 4. The molecule has 0 aliphatic heterocycles. The summed E-state index contributed by atoms with van der Waals surface area (Å²) in [5.74, 6) is -0.835. The van der Waals surface area contributed by atoms with Gasteiger partial charge in [-0.1, -0.05) is 18.2 Å². The first-order valence-corrected chi connectivity index (χ1v) is 7.78. The Morgan fingerprint density at radius 3 is 2.52 bits per heavy atom. The molecule has 0 saturated heterocycles. The molecule has 2 unspecified atom stereocenters. The monoisotopic (exact) mass is 346 g/mol. The fraction of sp³-hybridized carbons (Fsp3) is 0.278. The SMILES string of the molecule is Cc1c(C(=O)NC(C)CC(O)c2ccc(F)cc2)cccc1[N+](=O)[O-]. The van der Waals surface area contributed by atoms with E-state index in [0.29, 0.717) is 5.56 Å². The Morgan fingerprint density at radius 1 is 1.28 bits per heavy atom. The van der Waals surface area contributed by atoms with Gasteiger partial charge in [0.15, 0.2) is 0 Å². The van der Waals surface area contributed by atoms with Crippen LogP contribution in [0.1, 0.15) is 40.9 Å². The first kappa shape index (κ1) is 18.5. The fourth-order valence-electron chi connectivity index (χ4n) is 2.58. The molecule has 0 aliphatic carbocycles. The molecular weight excluding hydrogens is 327 g/mol. The van der Waals surface area contributed by atoms with Crippen LogP contribution in [0.3, 0.4) is 0 Å². The van der Waals surface area contributed by atoms with Crippen molar-refractivity contribution < 1.29 is 19.2 Å². The van der Waals surface area contributed by atoms with Gasteiger partial charge in [-0.2, -0.15) is 0 Å². The van der Waals surface area contributed by atoms with Crippen LogP contribution in [0, 0.1) is 22.9 Å². The molecular formula is C18H19FN2O4.